The van der Waals surface area contributed by atoms with Crippen molar-refractivity contribution in [2.45, 2.75) is 71.1 Å². The number of aryl methyl sites for hydroxylation is 1. The minimum atomic E-state index is 0.679. The van der Waals surface area contributed by atoms with Gasteiger partial charge in [-0.1, -0.05) is 57.0 Å². The number of nitrogens with zero attached hydrogens (tertiary/aromatic N) is 1. The highest BCUT2D eigenvalue weighted by Crippen LogP contribution is 2.36. The molecule has 24 heavy (non-hydrogen) atoms. The van der Waals surface area contributed by atoms with Gasteiger partial charge in [-0.25, -0.2) is 0 Å². The first-order valence-corrected chi connectivity index (χ1v) is 9.85. The lowest BCUT2D eigenvalue weighted by Crippen LogP contribution is -2.13. The number of rotatable bonds is 6. The van der Waals surface area contributed by atoms with Gasteiger partial charge >= 0.3 is 0 Å². The largest absolute Gasteiger partial charge is 0.260 e. The van der Waals surface area contributed by atoms with Crippen LogP contribution in [-0.2, 0) is 6.42 Å². The third kappa shape index (κ3) is 4.26. The Bertz CT molecular complexity index is 603. The number of aromatic nitrogens is 1. The zero-order chi connectivity index (χ0) is 16.8. The van der Waals surface area contributed by atoms with Crippen LogP contribution in [-0.4, -0.2) is 4.98 Å². The summed E-state index contributed by atoms with van der Waals surface area (Å²) in [6, 6.07) is 13.5. The third-order valence-corrected chi connectivity index (χ3v) is 5.74. The first kappa shape index (κ1) is 17.2. The van der Waals surface area contributed by atoms with E-state index >= 15 is 0 Å². The summed E-state index contributed by atoms with van der Waals surface area (Å²) < 4.78 is 0. The van der Waals surface area contributed by atoms with Gasteiger partial charge in [-0.3, -0.25) is 4.98 Å². The molecule has 1 nitrogen and oxygen atoms in total. The first-order valence-electron chi connectivity index (χ1n) is 9.85. The van der Waals surface area contributed by atoms with Gasteiger partial charge in [0.25, 0.3) is 0 Å². The normalized spacial score (nSPS) is 20.9. The van der Waals surface area contributed by atoms with E-state index in [4.69, 9.17) is 4.98 Å². The van der Waals surface area contributed by atoms with E-state index in [1.807, 2.05) is 0 Å². The number of hydrogen-bond acceptors (Lipinski definition) is 1. The van der Waals surface area contributed by atoms with E-state index < -0.39 is 0 Å². The van der Waals surface area contributed by atoms with Crippen LogP contribution in [0.3, 0.4) is 0 Å². The second-order valence-corrected chi connectivity index (χ2v) is 7.40. The van der Waals surface area contributed by atoms with E-state index in [2.05, 4.69) is 56.4 Å². The maximum atomic E-state index is 4.80. The van der Waals surface area contributed by atoms with Gasteiger partial charge in [0, 0.05) is 23.4 Å². The van der Waals surface area contributed by atoms with E-state index in [-0.39, 0.29) is 0 Å². The number of hydrogen-bond donors (Lipinski definition) is 0. The Kier molecular flexibility index (Phi) is 6.07. The van der Waals surface area contributed by atoms with E-state index in [9.17, 15) is 0 Å². The second-order valence-electron chi connectivity index (χ2n) is 7.40. The summed E-state index contributed by atoms with van der Waals surface area (Å²) in [4.78, 5) is 4.80. The first-order chi connectivity index (χ1) is 11.8. The summed E-state index contributed by atoms with van der Waals surface area (Å²) in [5, 5.41) is 0. The van der Waals surface area contributed by atoms with Crippen LogP contribution in [0.25, 0.3) is 11.1 Å². The summed E-state index contributed by atoms with van der Waals surface area (Å²) in [7, 11) is 0. The third-order valence-electron chi connectivity index (χ3n) is 5.74. The van der Waals surface area contributed by atoms with Crippen molar-refractivity contribution in [2.75, 3.05) is 0 Å². The lowest BCUT2D eigenvalue weighted by Gasteiger charge is -2.27. The maximum absolute atomic E-state index is 4.80. The van der Waals surface area contributed by atoms with Gasteiger partial charge in [0.15, 0.2) is 0 Å². The van der Waals surface area contributed by atoms with Gasteiger partial charge in [-0.2, -0.15) is 0 Å². The molecule has 0 unspecified atom stereocenters. The monoisotopic (exact) mass is 321 g/mol. The van der Waals surface area contributed by atoms with Crippen molar-refractivity contribution in [1.82, 2.24) is 4.98 Å². The fourth-order valence-electron chi connectivity index (χ4n) is 3.93. The molecule has 1 aromatic heterocycles. The van der Waals surface area contributed by atoms with E-state index in [0.29, 0.717) is 5.92 Å². The highest BCUT2D eigenvalue weighted by Gasteiger charge is 2.22. The Morgan fingerprint density at radius 3 is 2.17 bits per heavy atom. The van der Waals surface area contributed by atoms with Crippen molar-refractivity contribution in [3.63, 3.8) is 0 Å². The van der Waals surface area contributed by atoms with Crippen molar-refractivity contribution in [3.8, 4) is 11.1 Å². The number of unbranched alkanes of at least 4 members (excludes halogenated alkanes) is 1. The Morgan fingerprint density at radius 1 is 0.875 bits per heavy atom. The summed E-state index contributed by atoms with van der Waals surface area (Å²) in [5.41, 5.74) is 5.26. The zero-order valence-electron chi connectivity index (χ0n) is 15.3. The Morgan fingerprint density at radius 2 is 1.58 bits per heavy atom. The SMILES string of the molecule is CCCCc1ccc(-c2ccc([C@H]3CC[C@H](CC)CC3)nc2)cc1. The average molecular weight is 322 g/mol. The topological polar surface area (TPSA) is 12.9 Å². The molecule has 0 radical (unpaired) electrons. The molecule has 0 saturated heterocycles. The van der Waals surface area contributed by atoms with E-state index in [1.165, 1.54) is 73.8 Å². The van der Waals surface area contributed by atoms with Crippen molar-refractivity contribution in [2.24, 2.45) is 5.92 Å². The standard InChI is InChI=1S/C23H31N/c1-3-5-6-19-9-11-20(12-10-19)22-15-16-23(24-17-22)21-13-7-18(4-2)8-14-21/h9-12,15-18,21H,3-8,13-14H2,1-2H3/t18-,21-. The fourth-order valence-corrected chi connectivity index (χ4v) is 3.93. The minimum Gasteiger partial charge on any atom is -0.260 e. The van der Waals surface area contributed by atoms with E-state index in [1.54, 1.807) is 0 Å². The van der Waals surface area contributed by atoms with Gasteiger partial charge in [0.2, 0.25) is 0 Å². The zero-order valence-corrected chi connectivity index (χ0v) is 15.3. The van der Waals surface area contributed by atoms with E-state index in [0.717, 1.165) is 5.92 Å². The highest BCUT2D eigenvalue weighted by atomic mass is 14.7. The molecule has 0 amide bonds. The maximum Gasteiger partial charge on any atom is 0.0434 e. The van der Waals surface area contributed by atoms with Gasteiger partial charge in [-0.15, -0.1) is 0 Å². The molecular formula is C23H31N. The summed E-state index contributed by atoms with van der Waals surface area (Å²) in [6.45, 7) is 4.57. The predicted molar refractivity (Wildman–Crippen MR) is 103 cm³/mol. The molecule has 2 aromatic rings. The molecule has 0 bridgehead atoms. The van der Waals surface area contributed by atoms with Crippen LogP contribution >= 0.6 is 0 Å². The average Bonchev–Trinajstić information content (AvgIpc) is 2.67. The van der Waals surface area contributed by atoms with Crippen LogP contribution in [0.5, 0.6) is 0 Å². The van der Waals surface area contributed by atoms with Crippen molar-refractivity contribution in [1.29, 1.82) is 0 Å². The second kappa shape index (κ2) is 8.46. The van der Waals surface area contributed by atoms with Crippen molar-refractivity contribution in [3.05, 3.63) is 53.9 Å². The number of benzene rings is 1. The summed E-state index contributed by atoms with van der Waals surface area (Å²) in [6.07, 6.45) is 12.5. The van der Waals surface area contributed by atoms with Gasteiger partial charge < -0.3 is 0 Å². The van der Waals surface area contributed by atoms with Gasteiger partial charge in [-0.05, 0) is 61.6 Å². The van der Waals surface area contributed by atoms with Crippen LogP contribution in [0.4, 0.5) is 0 Å². The molecule has 0 atom stereocenters. The molecule has 0 spiro atoms. The molecule has 1 saturated carbocycles. The van der Waals surface area contributed by atoms with Gasteiger partial charge in [0.1, 0.15) is 0 Å². The Labute approximate surface area is 147 Å². The van der Waals surface area contributed by atoms with Crippen LogP contribution in [0.1, 0.15) is 76.0 Å². The van der Waals surface area contributed by atoms with Crippen molar-refractivity contribution < 1.29 is 0 Å². The van der Waals surface area contributed by atoms with Crippen LogP contribution in [0.15, 0.2) is 42.6 Å². The molecule has 1 fully saturated rings. The Balaban J connectivity index is 1.64. The molecule has 1 aromatic carbocycles. The lowest BCUT2D eigenvalue weighted by molar-refractivity contribution is 0.315. The highest BCUT2D eigenvalue weighted by molar-refractivity contribution is 5.62. The Hall–Kier alpha value is -1.63. The molecule has 128 valence electrons. The van der Waals surface area contributed by atoms with Gasteiger partial charge in [0.05, 0.1) is 0 Å². The summed E-state index contributed by atoms with van der Waals surface area (Å²) >= 11 is 0. The fraction of sp³-hybridized carbons (Fsp3) is 0.522. The van der Waals surface area contributed by atoms with Crippen LogP contribution in [0, 0.1) is 5.92 Å². The molecule has 1 aliphatic carbocycles. The molecule has 1 aliphatic rings. The molecule has 0 aliphatic heterocycles. The van der Waals surface area contributed by atoms with Crippen molar-refractivity contribution >= 4 is 0 Å². The summed E-state index contributed by atoms with van der Waals surface area (Å²) in [5.74, 6) is 1.63. The number of pyridine rings is 1. The molecule has 3 rings (SSSR count). The predicted octanol–water partition coefficient (Wildman–Crippen LogP) is 6.78. The van der Waals surface area contributed by atoms with Crippen LogP contribution < -0.4 is 0 Å². The molecule has 1 heteroatoms. The van der Waals surface area contributed by atoms with Crippen LogP contribution in [0.2, 0.25) is 0 Å². The lowest BCUT2D eigenvalue weighted by atomic mass is 9.79. The quantitative estimate of drug-likeness (QED) is 0.571. The molecular weight excluding hydrogens is 290 g/mol. The minimum absolute atomic E-state index is 0.679. The molecule has 1 heterocycles. The molecule has 0 N–H and O–H groups in total. The smallest absolute Gasteiger partial charge is 0.0434 e.